The summed E-state index contributed by atoms with van der Waals surface area (Å²) in [5.74, 6) is 0.746. The van der Waals surface area contributed by atoms with Crippen LogP contribution in [-0.4, -0.2) is 28.4 Å². The zero-order chi connectivity index (χ0) is 15.5. The van der Waals surface area contributed by atoms with Gasteiger partial charge < -0.3 is 20.1 Å². The normalized spacial score (nSPS) is 12.3. The number of halogens is 1. The van der Waals surface area contributed by atoms with Gasteiger partial charge in [0.15, 0.2) is 0 Å². The fraction of sp³-hybridized carbons (Fsp3) is 0.188. The molecule has 2 heterocycles. The Hall–Kier alpha value is -2.05. The van der Waals surface area contributed by atoms with Crippen LogP contribution in [-0.2, 0) is 6.42 Å². The Morgan fingerprint density at radius 2 is 2.23 bits per heavy atom. The minimum absolute atomic E-state index is 0.444. The molecule has 0 spiro atoms. The average Bonchev–Trinajstić information content (AvgIpc) is 2.91. The van der Waals surface area contributed by atoms with Gasteiger partial charge in [-0.2, -0.15) is 0 Å². The number of fused-ring (bicyclic) bond motifs is 1. The topological polar surface area (TPSA) is 70.2 Å². The highest BCUT2D eigenvalue weighted by Gasteiger charge is 2.10. The van der Waals surface area contributed by atoms with Crippen LogP contribution in [0.4, 0.5) is 5.69 Å². The van der Waals surface area contributed by atoms with Crippen LogP contribution in [0.5, 0.6) is 5.75 Å². The van der Waals surface area contributed by atoms with E-state index in [0.29, 0.717) is 6.42 Å². The molecule has 0 aliphatic heterocycles. The van der Waals surface area contributed by atoms with Crippen LogP contribution in [0.2, 0.25) is 0 Å². The van der Waals surface area contributed by atoms with E-state index in [1.807, 2.05) is 36.4 Å². The number of aromatic nitrogens is 2. The Balaban J connectivity index is 1.72. The van der Waals surface area contributed by atoms with Gasteiger partial charge in [0.2, 0.25) is 0 Å². The maximum atomic E-state index is 10.2. The van der Waals surface area contributed by atoms with Crippen molar-refractivity contribution >= 4 is 32.7 Å². The van der Waals surface area contributed by atoms with Crippen molar-refractivity contribution in [1.82, 2.24) is 9.97 Å². The summed E-state index contributed by atoms with van der Waals surface area (Å²) >= 11 is 3.49. The molecule has 114 valence electrons. The molecule has 22 heavy (non-hydrogen) atoms. The standard InChI is InChI=1S/C16H16BrN3O2/c1-22-12-4-2-3-10(7-12)19-15(21)9-11-8-13-14(17)5-6-18-16(13)20-11/h2-8,15,19,21H,9H2,1H3,(H,18,20). The molecular weight excluding hydrogens is 346 g/mol. The number of hydrogen-bond acceptors (Lipinski definition) is 4. The number of ether oxygens (including phenoxy) is 1. The second-order valence-corrected chi connectivity index (χ2v) is 5.80. The Bertz CT molecular complexity index is 788. The van der Waals surface area contributed by atoms with Gasteiger partial charge >= 0.3 is 0 Å². The van der Waals surface area contributed by atoms with E-state index in [2.05, 4.69) is 31.2 Å². The maximum Gasteiger partial charge on any atom is 0.138 e. The van der Waals surface area contributed by atoms with Crippen molar-refractivity contribution in [3.05, 3.63) is 52.8 Å². The minimum atomic E-state index is -0.709. The van der Waals surface area contributed by atoms with Crippen molar-refractivity contribution in [2.45, 2.75) is 12.6 Å². The third-order valence-corrected chi connectivity index (χ3v) is 4.04. The lowest BCUT2D eigenvalue weighted by molar-refractivity contribution is 0.203. The van der Waals surface area contributed by atoms with E-state index in [4.69, 9.17) is 4.74 Å². The smallest absolute Gasteiger partial charge is 0.138 e. The molecule has 0 aliphatic rings. The van der Waals surface area contributed by atoms with Crippen LogP contribution in [0.25, 0.3) is 11.0 Å². The number of hydrogen-bond donors (Lipinski definition) is 3. The fourth-order valence-corrected chi connectivity index (χ4v) is 2.74. The van der Waals surface area contributed by atoms with Gasteiger partial charge in [0.1, 0.15) is 17.6 Å². The van der Waals surface area contributed by atoms with Gasteiger partial charge in [-0.05, 0) is 40.2 Å². The number of nitrogens with zero attached hydrogens (tertiary/aromatic N) is 1. The predicted octanol–water partition coefficient (Wildman–Crippen LogP) is 3.31. The number of H-pyrrole nitrogens is 1. The molecule has 0 aliphatic carbocycles. The summed E-state index contributed by atoms with van der Waals surface area (Å²) in [6, 6.07) is 11.3. The van der Waals surface area contributed by atoms with Crippen molar-refractivity contribution in [2.75, 3.05) is 12.4 Å². The molecule has 1 aromatic carbocycles. The Morgan fingerprint density at radius 3 is 3.00 bits per heavy atom. The minimum Gasteiger partial charge on any atom is -0.497 e. The molecule has 0 bridgehead atoms. The number of aliphatic hydroxyl groups excluding tert-OH is 1. The van der Waals surface area contributed by atoms with Crippen molar-refractivity contribution in [3.63, 3.8) is 0 Å². The first-order valence-electron chi connectivity index (χ1n) is 6.86. The molecule has 1 unspecified atom stereocenters. The second-order valence-electron chi connectivity index (χ2n) is 4.95. The predicted molar refractivity (Wildman–Crippen MR) is 90.1 cm³/mol. The summed E-state index contributed by atoms with van der Waals surface area (Å²) in [5, 5.41) is 14.3. The van der Waals surface area contributed by atoms with Gasteiger partial charge in [-0.1, -0.05) is 6.07 Å². The Kier molecular flexibility index (Phi) is 4.31. The van der Waals surface area contributed by atoms with Crippen molar-refractivity contribution in [3.8, 4) is 5.75 Å². The number of methoxy groups -OCH3 is 1. The summed E-state index contributed by atoms with van der Waals surface area (Å²) < 4.78 is 6.15. The molecule has 0 saturated carbocycles. The first-order chi connectivity index (χ1) is 10.7. The lowest BCUT2D eigenvalue weighted by Crippen LogP contribution is -2.21. The van der Waals surface area contributed by atoms with Crippen LogP contribution >= 0.6 is 15.9 Å². The van der Waals surface area contributed by atoms with E-state index in [9.17, 15) is 5.11 Å². The highest BCUT2D eigenvalue weighted by molar-refractivity contribution is 9.10. The molecule has 3 rings (SSSR count). The quantitative estimate of drug-likeness (QED) is 0.609. The fourth-order valence-electron chi connectivity index (χ4n) is 2.32. The summed E-state index contributed by atoms with van der Waals surface area (Å²) in [7, 11) is 1.62. The maximum absolute atomic E-state index is 10.2. The van der Waals surface area contributed by atoms with Crippen LogP contribution < -0.4 is 10.1 Å². The molecule has 0 fully saturated rings. The van der Waals surface area contributed by atoms with Crippen LogP contribution in [0, 0.1) is 0 Å². The number of nitrogens with one attached hydrogen (secondary N) is 2. The highest BCUT2D eigenvalue weighted by Crippen LogP contribution is 2.23. The number of aromatic amines is 1. The molecule has 2 aromatic heterocycles. The zero-order valence-corrected chi connectivity index (χ0v) is 13.6. The van der Waals surface area contributed by atoms with E-state index in [1.54, 1.807) is 13.3 Å². The number of rotatable bonds is 5. The van der Waals surface area contributed by atoms with Gasteiger partial charge in [-0.3, -0.25) is 0 Å². The molecule has 1 atom stereocenters. The molecule has 5 nitrogen and oxygen atoms in total. The molecule has 3 aromatic rings. The first-order valence-corrected chi connectivity index (χ1v) is 7.66. The van der Waals surface area contributed by atoms with Gasteiger partial charge in [0.05, 0.1) is 7.11 Å². The van der Waals surface area contributed by atoms with Crippen molar-refractivity contribution in [1.29, 1.82) is 0 Å². The number of anilines is 1. The monoisotopic (exact) mass is 361 g/mol. The second kappa shape index (κ2) is 6.37. The lowest BCUT2D eigenvalue weighted by Gasteiger charge is -2.14. The zero-order valence-electron chi connectivity index (χ0n) is 12.0. The molecular formula is C16H16BrN3O2. The van der Waals surface area contributed by atoms with Gasteiger partial charge in [0.25, 0.3) is 0 Å². The van der Waals surface area contributed by atoms with E-state index < -0.39 is 6.23 Å². The number of pyridine rings is 1. The first kappa shape index (κ1) is 14.9. The summed E-state index contributed by atoms with van der Waals surface area (Å²) in [5.41, 5.74) is 2.53. The van der Waals surface area contributed by atoms with Gasteiger partial charge in [0, 0.05) is 39.9 Å². The van der Waals surface area contributed by atoms with E-state index in [0.717, 1.165) is 32.6 Å². The van der Waals surface area contributed by atoms with Crippen LogP contribution in [0.3, 0.4) is 0 Å². The SMILES string of the molecule is COc1cccc(NC(O)Cc2cc3c(Br)ccnc3[nH]2)c1. The number of benzene rings is 1. The Labute approximate surface area is 136 Å². The molecule has 0 saturated heterocycles. The summed E-state index contributed by atoms with van der Waals surface area (Å²) in [6.45, 7) is 0. The average molecular weight is 362 g/mol. The van der Waals surface area contributed by atoms with Crippen LogP contribution in [0.15, 0.2) is 47.1 Å². The van der Waals surface area contributed by atoms with Crippen LogP contribution in [0.1, 0.15) is 5.69 Å². The van der Waals surface area contributed by atoms with Crippen molar-refractivity contribution in [2.24, 2.45) is 0 Å². The molecule has 0 amide bonds. The van der Waals surface area contributed by atoms with E-state index >= 15 is 0 Å². The number of aliphatic hydroxyl groups is 1. The Morgan fingerprint density at radius 1 is 1.36 bits per heavy atom. The molecule has 6 heteroatoms. The third kappa shape index (κ3) is 3.23. The van der Waals surface area contributed by atoms with Crippen molar-refractivity contribution < 1.29 is 9.84 Å². The third-order valence-electron chi connectivity index (χ3n) is 3.35. The summed E-state index contributed by atoms with van der Waals surface area (Å²) in [6.07, 6.45) is 1.47. The molecule has 0 radical (unpaired) electrons. The molecule has 3 N–H and O–H groups in total. The van der Waals surface area contributed by atoms with Gasteiger partial charge in [-0.15, -0.1) is 0 Å². The lowest BCUT2D eigenvalue weighted by atomic mass is 10.2. The van der Waals surface area contributed by atoms with E-state index in [-0.39, 0.29) is 0 Å². The van der Waals surface area contributed by atoms with Gasteiger partial charge in [-0.25, -0.2) is 4.98 Å². The van der Waals surface area contributed by atoms with E-state index in [1.165, 1.54) is 0 Å². The summed E-state index contributed by atoms with van der Waals surface area (Å²) in [4.78, 5) is 7.48. The highest BCUT2D eigenvalue weighted by atomic mass is 79.9. The largest absolute Gasteiger partial charge is 0.497 e.